The van der Waals surface area contributed by atoms with Crippen molar-refractivity contribution in [3.63, 3.8) is 0 Å². The Hall–Kier alpha value is -2.93. The van der Waals surface area contributed by atoms with Crippen molar-refractivity contribution in [2.24, 2.45) is 0 Å². The minimum atomic E-state index is -0.183. The third-order valence-corrected chi connectivity index (χ3v) is 4.85. The molecule has 0 saturated heterocycles. The normalized spacial score (nSPS) is 10.5. The van der Waals surface area contributed by atoms with E-state index in [0.717, 1.165) is 16.5 Å². The zero-order chi connectivity index (χ0) is 19.2. The second-order valence-electron chi connectivity index (χ2n) is 5.86. The fourth-order valence-corrected chi connectivity index (χ4v) is 3.27. The summed E-state index contributed by atoms with van der Waals surface area (Å²) in [5.41, 5.74) is 2.32. The molecule has 0 bridgehead atoms. The Bertz CT molecular complexity index is 905. The first-order valence-corrected chi connectivity index (χ1v) is 9.42. The van der Waals surface area contributed by atoms with E-state index in [2.05, 4.69) is 15.3 Å². The summed E-state index contributed by atoms with van der Waals surface area (Å²) in [5, 5.41) is 3.63. The number of amides is 1. The van der Waals surface area contributed by atoms with E-state index in [0.29, 0.717) is 35.2 Å². The number of hydrogen-bond acceptors (Lipinski definition) is 6. The number of aryl methyl sites for hydroxylation is 2. The topological polar surface area (TPSA) is 73.3 Å². The molecule has 3 aromatic rings. The molecule has 7 heteroatoms. The molecule has 0 saturated carbocycles. The van der Waals surface area contributed by atoms with E-state index >= 15 is 0 Å². The summed E-state index contributed by atoms with van der Waals surface area (Å²) in [6, 6.07) is 11.0. The zero-order valence-corrected chi connectivity index (χ0v) is 16.3. The molecule has 2 aromatic heterocycles. The van der Waals surface area contributed by atoms with Crippen LogP contribution in [-0.2, 0) is 6.61 Å². The molecule has 3 rings (SSSR count). The first-order chi connectivity index (χ1) is 13.0. The predicted molar refractivity (Wildman–Crippen MR) is 106 cm³/mol. The summed E-state index contributed by atoms with van der Waals surface area (Å²) in [6.45, 7) is 6.57. The number of aromatic nitrogens is 2. The number of pyridine rings is 1. The number of ether oxygens (including phenoxy) is 2. The van der Waals surface area contributed by atoms with Crippen molar-refractivity contribution in [3.8, 4) is 11.5 Å². The molecule has 0 aliphatic rings. The van der Waals surface area contributed by atoms with Gasteiger partial charge in [0, 0.05) is 11.4 Å². The average Bonchev–Trinajstić information content (AvgIpc) is 3.04. The molecular weight excluding hydrogens is 362 g/mol. The standard InChI is InChI=1S/C20H21N3O3S/c1-4-25-16-9-6-15(7-10-16)23-20(24)19-14(3)22-18(27-19)12-26-17-8-5-13(2)21-11-17/h5-11H,4,12H2,1-3H3,(H,23,24). The SMILES string of the molecule is CCOc1ccc(NC(=O)c2sc(COc3ccc(C)nc3)nc2C)cc1. The maximum absolute atomic E-state index is 12.5. The van der Waals surface area contributed by atoms with Gasteiger partial charge in [-0.3, -0.25) is 9.78 Å². The van der Waals surface area contributed by atoms with Gasteiger partial charge in [0.2, 0.25) is 0 Å². The van der Waals surface area contributed by atoms with Crippen molar-refractivity contribution in [1.82, 2.24) is 9.97 Å². The van der Waals surface area contributed by atoms with Crippen molar-refractivity contribution in [1.29, 1.82) is 0 Å². The van der Waals surface area contributed by atoms with Crippen molar-refractivity contribution < 1.29 is 14.3 Å². The highest BCUT2D eigenvalue weighted by Gasteiger charge is 2.16. The van der Waals surface area contributed by atoms with E-state index < -0.39 is 0 Å². The number of benzene rings is 1. The van der Waals surface area contributed by atoms with Crippen molar-refractivity contribution in [2.75, 3.05) is 11.9 Å². The van der Waals surface area contributed by atoms with E-state index in [9.17, 15) is 4.79 Å². The van der Waals surface area contributed by atoms with Crippen molar-refractivity contribution >= 4 is 22.9 Å². The highest BCUT2D eigenvalue weighted by atomic mass is 32.1. The Morgan fingerprint density at radius 1 is 1.07 bits per heavy atom. The third-order valence-electron chi connectivity index (χ3n) is 3.72. The van der Waals surface area contributed by atoms with E-state index in [1.807, 2.05) is 57.2 Å². The predicted octanol–water partition coefficient (Wildman–Crippen LogP) is 4.38. The Labute approximate surface area is 162 Å². The molecule has 0 fully saturated rings. The molecular formula is C20H21N3O3S. The van der Waals surface area contributed by atoms with Crippen LogP contribution in [0.1, 0.15) is 33.0 Å². The lowest BCUT2D eigenvalue weighted by Crippen LogP contribution is -2.11. The van der Waals surface area contributed by atoms with Gasteiger partial charge in [0.05, 0.1) is 18.5 Å². The van der Waals surface area contributed by atoms with Gasteiger partial charge in [-0.2, -0.15) is 0 Å². The van der Waals surface area contributed by atoms with Crippen LogP contribution in [0.5, 0.6) is 11.5 Å². The molecule has 1 N–H and O–H groups in total. The molecule has 0 atom stereocenters. The number of rotatable bonds is 7. The van der Waals surface area contributed by atoms with Gasteiger partial charge in [-0.15, -0.1) is 11.3 Å². The van der Waals surface area contributed by atoms with Gasteiger partial charge in [0.15, 0.2) is 0 Å². The number of nitrogens with zero attached hydrogens (tertiary/aromatic N) is 2. The van der Waals surface area contributed by atoms with E-state index in [4.69, 9.17) is 9.47 Å². The number of carbonyl (C=O) groups is 1. The van der Waals surface area contributed by atoms with Crippen LogP contribution in [0.2, 0.25) is 0 Å². The van der Waals surface area contributed by atoms with Gasteiger partial charge in [-0.25, -0.2) is 4.98 Å². The molecule has 0 radical (unpaired) electrons. The summed E-state index contributed by atoms with van der Waals surface area (Å²) in [7, 11) is 0. The van der Waals surface area contributed by atoms with Gasteiger partial charge >= 0.3 is 0 Å². The second-order valence-corrected chi connectivity index (χ2v) is 6.94. The summed E-state index contributed by atoms with van der Waals surface area (Å²) in [4.78, 5) is 21.8. The molecule has 1 aromatic carbocycles. The lowest BCUT2D eigenvalue weighted by atomic mass is 10.3. The molecule has 27 heavy (non-hydrogen) atoms. The zero-order valence-electron chi connectivity index (χ0n) is 15.5. The fraction of sp³-hybridized carbons (Fsp3) is 0.250. The first kappa shape index (κ1) is 18.8. The molecule has 2 heterocycles. The van der Waals surface area contributed by atoms with Gasteiger partial charge in [-0.1, -0.05) is 0 Å². The third kappa shape index (κ3) is 5.04. The van der Waals surface area contributed by atoms with E-state index in [1.165, 1.54) is 11.3 Å². The number of carbonyl (C=O) groups excluding carboxylic acids is 1. The summed E-state index contributed by atoms with van der Waals surface area (Å²) in [6.07, 6.45) is 1.68. The smallest absolute Gasteiger partial charge is 0.267 e. The Kier molecular flexibility index (Phi) is 6.03. The van der Waals surface area contributed by atoms with Crippen LogP contribution in [-0.4, -0.2) is 22.5 Å². The first-order valence-electron chi connectivity index (χ1n) is 8.61. The van der Waals surface area contributed by atoms with Gasteiger partial charge in [0.25, 0.3) is 5.91 Å². The Balaban J connectivity index is 1.62. The van der Waals surface area contributed by atoms with Gasteiger partial charge < -0.3 is 14.8 Å². The summed E-state index contributed by atoms with van der Waals surface area (Å²) >= 11 is 1.33. The largest absolute Gasteiger partial charge is 0.494 e. The number of nitrogens with one attached hydrogen (secondary N) is 1. The second kappa shape index (κ2) is 8.64. The number of thiazole rings is 1. The van der Waals surface area contributed by atoms with Gasteiger partial charge in [-0.05, 0) is 57.2 Å². The summed E-state index contributed by atoms with van der Waals surface area (Å²) in [5.74, 6) is 1.26. The van der Waals surface area contributed by atoms with Crippen LogP contribution in [0.25, 0.3) is 0 Å². The molecule has 0 unspecified atom stereocenters. The quantitative estimate of drug-likeness (QED) is 0.655. The molecule has 1 amide bonds. The van der Waals surface area contributed by atoms with E-state index in [1.54, 1.807) is 6.20 Å². The molecule has 0 aliphatic heterocycles. The number of hydrogen-bond donors (Lipinski definition) is 1. The fourth-order valence-electron chi connectivity index (χ4n) is 2.40. The molecule has 6 nitrogen and oxygen atoms in total. The lowest BCUT2D eigenvalue weighted by Gasteiger charge is -2.06. The summed E-state index contributed by atoms with van der Waals surface area (Å²) < 4.78 is 11.1. The monoisotopic (exact) mass is 383 g/mol. The minimum absolute atomic E-state index is 0.183. The maximum atomic E-state index is 12.5. The molecule has 140 valence electrons. The maximum Gasteiger partial charge on any atom is 0.267 e. The van der Waals surface area contributed by atoms with Crippen molar-refractivity contribution in [3.05, 3.63) is 63.9 Å². The van der Waals surface area contributed by atoms with Crippen LogP contribution in [0.15, 0.2) is 42.6 Å². The van der Waals surface area contributed by atoms with Crippen molar-refractivity contribution in [2.45, 2.75) is 27.4 Å². The van der Waals surface area contributed by atoms with E-state index in [-0.39, 0.29) is 5.91 Å². The van der Waals surface area contributed by atoms with Crippen LogP contribution >= 0.6 is 11.3 Å². The Morgan fingerprint density at radius 2 is 1.81 bits per heavy atom. The molecule has 0 spiro atoms. The Morgan fingerprint density at radius 3 is 2.48 bits per heavy atom. The highest BCUT2D eigenvalue weighted by Crippen LogP contribution is 2.22. The minimum Gasteiger partial charge on any atom is -0.494 e. The molecule has 0 aliphatic carbocycles. The highest BCUT2D eigenvalue weighted by molar-refractivity contribution is 7.13. The van der Waals surface area contributed by atoms with Crippen LogP contribution in [0, 0.1) is 13.8 Å². The van der Waals surface area contributed by atoms with Crippen LogP contribution in [0.4, 0.5) is 5.69 Å². The van der Waals surface area contributed by atoms with Gasteiger partial charge in [0.1, 0.15) is 28.0 Å². The lowest BCUT2D eigenvalue weighted by molar-refractivity contribution is 0.103. The van der Waals surface area contributed by atoms with Crippen LogP contribution < -0.4 is 14.8 Å². The number of anilines is 1. The van der Waals surface area contributed by atoms with Crippen LogP contribution in [0.3, 0.4) is 0 Å². The average molecular weight is 383 g/mol.